The Morgan fingerprint density at radius 1 is 1.62 bits per heavy atom. The smallest absolute Gasteiger partial charge is 0.0900 e. The van der Waals surface area contributed by atoms with Crippen molar-refractivity contribution in [3.63, 3.8) is 0 Å². The van der Waals surface area contributed by atoms with E-state index >= 15 is 0 Å². The lowest BCUT2D eigenvalue weighted by Gasteiger charge is -2.20. The summed E-state index contributed by atoms with van der Waals surface area (Å²) in [6.45, 7) is 3.19. The van der Waals surface area contributed by atoms with Crippen LogP contribution in [0.3, 0.4) is 0 Å². The van der Waals surface area contributed by atoms with Crippen LogP contribution in [0.1, 0.15) is 34.3 Å². The molecule has 0 fully saturated rings. The van der Waals surface area contributed by atoms with E-state index in [4.69, 9.17) is 0 Å². The molecule has 0 amide bonds. The SMILES string of the molecule is CNC[C@@H]1CCCc2sc(C)nc21. The molecule has 1 aromatic heterocycles. The maximum absolute atomic E-state index is 4.63. The van der Waals surface area contributed by atoms with Gasteiger partial charge in [-0.15, -0.1) is 11.3 Å². The molecule has 13 heavy (non-hydrogen) atoms. The third-order valence-electron chi connectivity index (χ3n) is 2.63. The highest BCUT2D eigenvalue weighted by Crippen LogP contribution is 2.33. The van der Waals surface area contributed by atoms with E-state index < -0.39 is 0 Å². The van der Waals surface area contributed by atoms with Gasteiger partial charge in [-0.1, -0.05) is 0 Å². The zero-order chi connectivity index (χ0) is 9.26. The first-order valence-electron chi connectivity index (χ1n) is 4.92. The number of thiazole rings is 1. The number of nitrogens with one attached hydrogen (secondary N) is 1. The molecule has 72 valence electrons. The van der Waals surface area contributed by atoms with Gasteiger partial charge in [-0.05, 0) is 33.2 Å². The maximum atomic E-state index is 4.63. The summed E-state index contributed by atoms with van der Waals surface area (Å²) < 4.78 is 0. The van der Waals surface area contributed by atoms with Crippen LogP contribution in [0.2, 0.25) is 0 Å². The molecule has 0 spiro atoms. The van der Waals surface area contributed by atoms with Gasteiger partial charge < -0.3 is 5.32 Å². The monoisotopic (exact) mass is 196 g/mol. The number of nitrogens with zero attached hydrogens (tertiary/aromatic N) is 1. The van der Waals surface area contributed by atoms with E-state index in [1.54, 1.807) is 0 Å². The lowest BCUT2D eigenvalue weighted by molar-refractivity contribution is 0.522. The van der Waals surface area contributed by atoms with Crippen molar-refractivity contribution in [1.82, 2.24) is 10.3 Å². The van der Waals surface area contributed by atoms with Crippen molar-refractivity contribution in [2.24, 2.45) is 0 Å². The van der Waals surface area contributed by atoms with Crippen LogP contribution in [0.5, 0.6) is 0 Å². The van der Waals surface area contributed by atoms with Gasteiger partial charge in [-0.25, -0.2) is 4.98 Å². The second-order valence-corrected chi connectivity index (χ2v) is 4.98. The van der Waals surface area contributed by atoms with E-state index in [2.05, 4.69) is 17.2 Å². The number of hydrogen-bond donors (Lipinski definition) is 1. The number of fused-ring (bicyclic) bond motifs is 1. The van der Waals surface area contributed by atoms with Crippen LogP contribution in [0, 0.1) is 6.92 Å². The molecule has 0 unspecified atom stereocenters. The fourth-order valence-electron chi connectivity index (χ4n) is 2.07. The Kier molecular flexibility index (Phi) is 2.65. The van der Waals surface area contributed by atoms with E-state index in [1.807, 2.05) is 18.4 Å². The minimum Gasteiger partial charge on any atom is -0.319 e. The van der Waals surface area contributed by atoms with Crippen LogP contribution in [0.25, 0.3) is 0 Å². The molecule has 0 saturated carbocycles. The molecule has 1 heterocycles. The van der Waals surface area contributed by atoms with Gasteiger partial charge in [0, 0.05) is 17.3 Å². The minimum absolute atomic E-state index is 0.665. The summed E-state index contributed by atoms with van der Waals surface area (Å²) >= 11 is 1.88. The van der Waals surface area contributed by atoms with Crippen molar-refractivity contribution >= 4 is 11.3 Å². The highest BCUT2D eigenvalue weighted by atomic mass is 32.1. The van der Waals surface area contributed by atoms with E-state index in [0.717, 1.165) is 6.54 Å². The fraction of sp³-hybridized carbons (Fsp3) is 0.700. The van der Waals surface area contributed by atoms with E-state index in [0.29, 0.717) is 5.92 Å². The molecule has 1 N–H and O–H groups in total. The second-order valence-electron chi connectivity index (χ2n) is 3.69. The van der Waals surface area contributed by atoms with Crippen molar-refractivity contribution in [2.45, 2.75) is 32.1 Å². The number of rotatable bonds is 2. The van der Waals surface area contributed by atoms with Crippen LogP contribution in [-0.4, -0.2) is 18.6 Å². The maximum Gasteiger partial charge on any atom is 0.0900 e. The van der Waals surface area contributed by atoms with Crippen LogP contribution in [-0.2, 0) is 6.42 Å². The third kappa shape index (κ3) is 1.76. The molecule has 2 nitrogen and oxygen atoms in total. The summed E-state index contributed by atoms with van der Waals surface area (Å²) in [5, 5.41) is 4.48. The lowest BCUT2D eigenvalue weighted by Crippen LogP contribution is -2.20. The molecule has 3 heteroatoms. The Morgan fingerprint density at radius 2 is 2.46 bits per heavy atom. The molecular formula is C10H16N2S. The second kappa shape index (κ2) is 3.76. The van der Waals surface area contributed by atoms with Crippen molar-refractivity contribution in [2.75, 3.05) is 13.6 Å². The highest BCUT2D eigenvalue weighted by molar-refractivity contribution is 7.11. The quantitative estimate of drug-likeness (QED) is 0.783. The van der Waals surface area contributed by atoms with Gasteiger partial charge in [0.2, 0.25) is 0 Å². The van der Waals surface area contributed by atoms with Gasteiger partial charge >= 0.3 is 0 Å². The molecule has 1 aliphatic carbocycles. The van der Waals surface area contributed by atoms with Crippen LogP contribution in [0.15, 0.2) is 0 Å². The third-order valence-corrected chi connectivity index (χ3v) is 3.67. The molecule has 0 saturated heterocycles. The fourth-order valence-corrected chi connectivity index (χ4v) is 3.14. The summed E-state index contributed by atoms with van der Waals surface area (Å²) in [6, 6.07) is 0. The van der Waals surface area contributed by atoms with Crippen LogP contribution < -0.4 is 5.32 Å². The Labute approximate surface area is 83.4 Å². The first-order valence-corrected chi connectivity index (χ1v) is 5.73. The van der Waals surface area contributed by atoms with Crippen molar-refractivity contribution in [1.29, 1.82) is 0 Å². The summed E-state index contributed by atoms with van der Waals surface area (Å²) in [6.07, 6.45) is 3.89. The van der Waals surface area contributed by atoms with Gasteiger partial charge in [-0.2, -0.15) is 0 Å². The molecule has 1 aliphatic rings. The Bertz CT molecular complexity index is 293. The predicted molar refractivity (Wildman–Crippen MR) is 56.5 cm³/mol. The molecule has 2 rings (SSSR count). The van der Waals surface area contributed by atoms with E-state index in [9.17, 15) is 0 Å². The van der Waals surface area contributed by atoms with E-state index in [1.165, 1.54) is 34.8 Å². The number of aromatic nitrogens is 1. The predicted octanol–water partition coefficient (Wildman–Crippen LogP) is 2.09. The molecule has 0 aliphatic heterocycles. The molecule has 0 bridgehead atoms. The summed E-state index contributed by atoms with van der Waals surface area (Å²) in [5.41, 5.74) is 1.38. The molecule has 1 atom stereocenters. The van der Waals surface area contributed by atoms with Crippen LogP contribution in [0.4, 0.5) is 0 Å². The average Bonchev–Trinajstić information content (AvgIpc) is 2.47. The summed E-state index contributed by atoms with van der Waals surface area (Å²) in [7, 11) is 2.02. The molecule has 0 aromatic carbocycles. The first-order chi connectivity index (χ1) is 6.31. The molecule has 1 aromatic rings. The largest absolute Gasteiger partial charge is 0.319 e. The summed E-state index contributed by atoms with van der Waals surface area (Å²) in [5.74, 6) is 0.665. The Hall–Kier alpha value is -0.410. The zero-order valence-corrected chi connectivity index (χ0v) is 9.08. The van der Waals surface area contributed by atoms with Crippen molar-refractivity contribution < 1.29 is 0 Å². The normalized spacial score (nSPS) is 21.5. The first kappa shape index (κ1) is 9.16. The number of aryl methyl sites for hydroxylation is 2. The van der Waals surface area contributed by atoms with Gasteiger partial charge in [0.25, 0.3) is 0 Å². The average molecular weight is 196 g/mol. The standard InChI is InChI=1S/C10H16N2S/c1-7-12-10-8(6-11-2)4-3-5-9(10)13-7/h8,11H,3-6H2,1-2H3/t8-/m0/s1. The van der Waals surface area contributed by atoms with Gasteiger partial charge in [-0.3, -0.25) is 0 Å². The van der Waals surface area contributed by atoms with Crippen LogP contribution >= 0.6 is 11.3 Å². The molecule has 0 radical (unpaired) electrons. The minimum atomic E-state index is 0.665. The van der Waals surface area contributed by atoms with Crippen molar-refractivity contribution in [3.05, 3.63) is 15.6 Å². The Balaban J connectivity index is 2.25. The topological polar surface area (TPSA) is 24.9 Å². The number of likely N-dealkylation sites (N-methyl/N-ethyl adjacent to an activating group) is 1. The van der Waals surface area contributed by atoms with Gasteiger partial charge in [0.15, 0.2) is 0 Å². The summed E-state index contributed by atoms with van der Waals surface area (Å²) in [4.78, 5) is 6.16. The van der Waals surface area contributed by atoms with Crippen molar-refractivity contribution in [3.8, 4) is 0 Å². The van der Waals surface area contributed by atoms with Gasteiger partial charge in [0.05, 0.1) is 10.7 Å². The van der Waals surface area contributed by atoms with Gasteiger partial charge in [0.1, 0.15) is 0 Å². The zero-order valence-electron chi connectivity index (χ0n) is 8.26. The molecular weight excluding hydrogens is 180 g/mol. The highest BCUT2D eigenvalue weighted by Gasteiger charge is 2.22. The lowest BCUT2D eigenvalue weighted by atomic mass is 9.91. The number of hydrogen-bond acceptors (Lipinski definition) is 3. The van der Waals surface area contributed by atoms with E-state index in [-0.39, 0.29) is 0 Å². The Morgan fingerprint density at radius 3 is 3.23 bits per heavy atom.